The first-order valence-corrected chi connectivity index (χ1v) is 10.9. The Morgan fingerprint density at radius 3 is 2.67 bits per heavy atom. The molecule has 1 aliphatic carbocycles. The summed E-state index contributed by atoms with van der Waals surface area (Å²) in [5, 5.41) is 12.8. The lowest BCUT2D eigenvalue weighted by molar-refractivity contribution is -0.115. The van der Waals surface area contributed by atoms with Crippen LogP contribution in [0, 0.1) is 11.3 Å². The quantitative estimate of drug-likeness (QED) is 0.487. The first kappa shape index (κ1) is 20.2. The number of nitriles is 1. The Hall–Kier alpha value is -3.11. The molecule has 3 aromatic rings. The van der Waals surface area contributed by atoms with Gasteiger partial charge in [0.15, 0.2) is 5.16 Å². The number of benzene rings is 2. The second-order valence-corrected chi connectivity index (χ2v) is 8.74. The smallest absolute Gasteiger partial charge is 0.262 e. The van der Waals surface area contributed by atoms with Crippen LogP contribution in [0.2, 0.25) is 0 Å². The first-order chi connectivity index (χ1) is 14.6. The highest BCUT2D eigenvalue weighted by molar-refractivity contribution is 8.00. The zero-order valence-corrected chi connectivity index (χ0v) is 17.5. The standard InChI is InChI=1S/C23H22N4O2S/c1-15(21(28)25-19-12-6-2-8-16(19)14-24)30-23-26-20-13-7-5-11-18(20)22(29)27(23)17-9-3-4-10-17/h2,5-8,11-13,15,17H,3-4,9-10H2,1H3,(H,25,28). The maximum absolute atomic E-state index is 13.2. The van der Waals surface area contributed by atoms with E-state index in [0.29, 0.717) is 27.3 Å². The van der Waals surface area contributed by atoms with Gasteiger partial charge in [0.25, 0.3) is 5.56 Å². The molecule has 30 heavy (non-hydrogen) atoms. The van der Waals surface area contributed by atoms with Crippen molar-refractivity contribution in [2.75, 3.05) is 5.32 Å². The van der Waals surface area contributed by atoms with Crippen LogP contribution in [0.1, 0.15) is 44.2 Å². The molecule has 2 aromatic carbocycles. The van der Waals surface area contributed by atoms with E-state index in [0.717, 1.165) is 25.7 Å². The van der Waals surface area contributed by atoms with Crippen molar-refractivity contribution in [2.45, 2.75) is 49.1 Å². The Morgan fingerprint density at radius 2 is 1.90 bits per heavy atom. The van der Waals surface area contributed by atoms with Crippen molar-refractivity contribution in [3.05, 3.63) is 64.4 Å². The van der Waals surface area contributed by atoms with Gasteiger partial charge in [-0.2, -0.15) is 5.26 Å². The van der Waals surface area contributed by atoms with Crippen molar-refractivity contribution >= 4 is 34.3 Å². The van der Waals surface area contributed by atoms with Gasteiger partial charge in [0.2, 0.25) is 5.91 Å². The second-order valence-electron chi connectivity index (χ2n) is 7.43. The Labute approximate surface area is 178 Å². The lowest BCUT2D eigenvalue weighted by Gasteiger charge is -2.20. The van der Waals surface area contributed by atoms with Gasteiger partial charge >= 0.3 is 0 Å². The third-order valence-corrected chi connectivity index (χ3v) is 6.49. The van der Waals surface area contributed by atoms with Crippen LogP contribution in [-0.4, -0.2) is 20.7 Å². The predicted molar refractivity (Wildman–Crippen MR) is 119 cm³/mol. The maximum atomic E-state index is 13.2. The summed E-state index contributed by atoms with van der Waals surface area (Å²) in [6.45, 7) is 1.79. The molecular weight excluding hydrogens is 396 g/mol. The van der Waals surface area contributed by atoms with Crippen molar-refractivity contribution in [1.29, 1.82) is 5.26 Å². The summed E-state index contributed by atoms with van der Waals surface area (Å²) in [6, 6.07) is 16.4. The molecule has 1 aromatic heterocycles. The van der Waals surface area contributed by atoms with Crippen LogP contribution in [0.25, 0.3) is 10.9 Å². The van der Waals surface area contributed by atoms with Crippen molar-refractivity contribution in [1.82, 2.24) is 9.55 Å². The van der Waals surface area contributed by atoms with Gasteiger partial charge < -0.3 is 5.32 Å². The number of para-hydroxylation sites is 2. The molecule has 0 radical (unpaired) electrons. The van der Waals surface area contributed by atoms with Crippen LogP contribution in [0.5, 0.6) is 0 Å². The van der Waals surface area contributed by atoms with Gasteiger partial charge in [-0.3, -0.25) is 14.2 Å². The monoisotopic (exact) mass is 418 g/mol. The van der Waals surface area contributed by atoms with E-state index in [1.165, 1.54) is 11.8 Å². The lowest BCUT2D eigenvalue weighted by atomic mass is 10.2. The van der Waals surface area contributed by atoms with E-state index in [2.05, 4.69) is 11.4 Å². The molecule has 7 heteroatoms. The number of hydrogen-bond acceptors (Lipinski definition) is 5. The van der Waals surface area contributed by atoms with Gasteiger partial charge in [-0.1, -0.05) is 48.9 Å². The molecule has 1 atom stereocenters. The van der Waals surface area contributed by atoms with Gasteiger partial charge in [-0.25, -0.2) is 4.98 Å². The van der Waals surface area contributed by atoms with Gasteiger partial charge in [-0.15, -0.1) is 0 Å². The molecule has 1 aliphatic rings. The molecule has 0 spiro atoms. The Bertz CT molecular complexity index is 1190. The van der Waals surface area contributed by atoms with Crippen LogP contribution in [0.4, 0.5) is 5.69 Å². The van der Waals surface area contributed by atoms with Crippen LogP contribution in [0.15, 0.2) is 58.5 Å². The second kappa shape index (κ2) is 8.72. The highest BCUT2D eigenvalue weighted by Crippen LogP contribution is 2.33. The van der Waals surface area contributed by atoms with E-state index in [4.69, 9.17) is 4.98 Å². The number of nitrogens with one attached hydrogen (secondary N) is 1. The Balaban J connectivity index is 1.65. The Morgan fingerprint density at radius 1 is 1.20 bits per heavy atom. The molecular formula is C23H22N4O2S. The highest BCUT2D eigenvalue weighted by Gasteiger charge is 2.25. The topological polar surface area (TPSA) is 87.8 Å². The average molecular weight is 419 g/mol. The van der Waals surface area contributed by atoms with Gasteiger partial charge in [0.1, 0.15) is 6.07 Å². The number of aromatic nitrogens is 2. The van der Waals surface area contributed by atoms with Crippen LogP contribution in [-0.2, 0) is 4.79 Å². The molecule has 4 rings (SSSR count). The van der Waals surface area contributed by atoms with Crippen LogP contribution >= 0.6 is 11.8 Å². The summed E-state index contributed by atoms with van der Waals surface area (Å²) in [6.07, 6.45) is 4.08. The lowest BCUT2D eigenvalue weighted by Crippen LogP contribution is -2.29. The number of rotatable bonds is 5. The van der Waals surface area contributed by atoms with Crippen molar-refractivity contribution in [3.63, 3.8) is 0 Å². The third-order valence-electron chi connectivity index (χ3n) is 5.42. The zero-order valence-electron chi connectivity index (χ0n) is 16.7. The number of fused-ring (bicyclic) bond motifs is 1. The van der Waals surface area contributed by atoms with E-state index in [1.54, 1.807) is 41.8 Å². The molecule has 152 valence electrons. The zero-order chi connectivity index (χ0) is 21.1. The number of carbonyl (C=O) groups is 1. The van der Waals surface area contributed by atoms with E-state index in [1.807, 2.05) is 18.2 Å². The number of thioether (sulfide) groups is 1. The molecule has 1 unspecified atom stereocenters. The fourth-order valence-corrected chi connectivity index (χ4v) is 4.81. The molecule has 6 nitrogen and oxygen atoms in total. The summed E-state index contributed by atoms with van der Waals surface area (Å²) in [4.78, 5) is 30.8. The third kappa shape index (κ3) is 3.96. The molecule has 0 aliphatic heterocycles. The minimum absolute atomic E-state index is 0.0440. The molecule has 1 saturated carbocycles. The summed E-state index contributed by atoms with van der Waals surface area (Å²) >= 11 is 1.28. The van der Waals surface area contributed by atoms with Crippen LogP contribution < -0.4 is 10.9 Å². The normalized spacial score (nSPS) is 15.1. The summed E-state index contributed by atoms with van der Waals surface area (Å²) < 4.78 is 1.78. The fraction of sp³-hybridized carbons (Fsp3) is 0.304. The average Bonchev–Trinajstić information content (AvgIpc) is 3.28. The summed E-state index contributed by atoms with van der Waals surface area (Å²) in [5.41, 5.74) is 1.49. The summed E-state index contributed by atoms with van der Waals surface area (Å²) in [7, 11) is 0. The van der Waals surface area contributed by atoms with E-state index < -0.39 is 5.25 Å². The number of anilines is 1. The minimum atomic E-state index is -0.488. The number of nitrogens with zero attached hydrogens (tertiary/aromatic N) is 3. The van der Waals surface area contributed by atoms with Crippen molar-refractivity contribution in [2.24, 2.45) is 0 Å². The van der Waals surface area contributed by atoms with Crippen LogP contribution in [0.3, 0.4) is 0 Å². The fourth-order valence-electron chi connectivity index (χ4n) is 3.83. The Kier molecular flexibility index (Phi) is 5.86. The molecule has 1 heterocycles. The van der Waals surface area contributed by atoms with Gasteiger partial charge in [0.05, 0.1) is 27.4 Å². The maximum Gasteiger partial charge on any atom is 0.262 e. The largest absolute Gasteiger partial charge is 0.324 e. The SMILES string of the molecule is CC(Sc1nc2ccccc2c(=O)n1C1CCCC1)C(=O)Nc1ccccc1C#N. The van der Waals surface area contributed by atoms with Crippen molar-refractivity contribution < 1.29 is 4.79 Å². The summed E-state index contributed by atoms with van der Waals surface area (Å²) in [5.74, 6) is -0.233. The number of hydrogen-bond donors (Lipinski definition) is 1. The van der Waals surface area contributed by atoms with E-state index >= 15 is 0 Å². The molecule has 1 fully saturated rings. The minimum Gasteiger partial charge on any atom is -0.324 e. The molecule has 0 bridgehead atoms. The number of carbonyl (C=O) groups excluding carboxylic acids is 1. The number of amides is 1. The molecule has 0 saturated heterocycles. The van der Waals surface area contributed by atoms with Crippen molar-refractivity contribution in [3.8, 4) is 6.07 Å². The van der Waals surface area contributed by atoms with Gasteiger partial charge in [0, 0.05) is 6.04 Å². The highest BCUT2D eigenvalue weighted by atomic mass is 32.2. The first-order valence-electron chi connectivity index (χ1n) is 10.1. The van der Waals surface area contributed by atoms with E-state index in [9.17, 15) is 14.9 Å². The predicted octanol–water partition coefficient (Wildman–Crippen LogP) is 4.50. The molecule has 1 N–H and O–H groups in total. The van der Waals surface area contributed by atoms with E-state index in [-0.39, 0.29) is 17.5 Å². The molecule has 1 amide bonds. The van der Waals surface area contributed by atoms with Gasteiger partial charge in [-0.05, 0) is 44.0 Å².